The zero-order valence-corrected chi connectivity index (χ0v) is 14.3. The molecule has 1 aliphatic heterocycles. The van der Waals surface area contributed by atoms with Crippen molar-refractivity contribution in [2.45, 2.75) is 32.7 Å². The van der Waals surface area contributed by atoms with Gasteiger partial charge in [0.2, 0.25) is 0 Å². The van der Waals surface area contributed by atoms with Crippen molar-refractivity contribution in [3.05, 3.63) is 24.5 Å². The van der Waals surface area contributed by atoms with Crippen molar-refractivity contribution >= 4 is 30.0 Å². The van der Waals surface area contributed by atoms with Crippen molar-refractivity contribution in [2.24, 2.45) is 11.7 Å². The van der Waals surface area contributed by atoms with E-state index >= 15 is 0 Å². The predicted octanol–water partition coefficient (Wildman–Crippen LogP) is 1.86. The van der Waals surface area contributed by atoms with Crippen LogP contribution in [0.2, 0.25) is 0 Å². The normalized spacial score (nSPS) is 16.5. The van der Waals surface area contributed by atoms with Crippen LogP contribution in [0.3, 0.4) is 0 Å². The number of carbonyl (C=O) groups is 2. The van der Waals surface area contributed by atoms with E-state index in [4.69, 9.17) is 5.73 Å². The fraction of sp³-hybridized carbons (Fsp3) is 0.533. The monoisotopic (exact) mass is 341 g/mol. The van der Waals surface area contributed by atoms with E-state index in [1.807, 2.05) is 13.8 Å². The van der Waals surface area contributed by atoms with Gasteiger partial charge in [0.15, 0.2) is 0 Å². The Morgan fingerprint density at radius 3 is 2.70 bits per heavy atom. The Morgan fingerprint density at radius 1 is 1.39 bits per heavy atom. The first-order valence-electron chi connectivity index (χ1n) is 7.60. The number of nitrogens with zero attached hydrogens (tertiary/aromatic N) is 3. The molecule has 0 radical (unpaired) electrons. The highest BCUT2D eigenvalue weighted by atomic mass is 35.5. The van der Waals surface area contributed by atoms with Gasteiger partial charge in [-0.25, -0.2) is 14.8 Å². The summed E-state index contributed by atoms with van der Waals surface area (Å²) in [6, 6.07) is 2.56. The number of hydrogen-bond donors (Lipinski definition) is 2. The summed E-state index contributed by atoms with van der Waals surface area (Å²) in [7, 11) is 0. The minimum Gasteiger partial charge on any atom is -0.320 e. The molecule has 8 heteroatoms. The topological polar surface area (TPSA) is 91.6 Å². The van der Waals surface area contributed by atoms with Gasteiger partial charge < -0.3 is 11.1 Å². The van der Waals surface area contributed by atoms with E-state index in [-0.39, 0.29) is 30.3 Å². The molecule has 3 amide bonds. The Balaban J connectivity index is 0.00000264. The highest BCUT2D eigenvalue weighted by Gasteiger charge is 2.34. The molecule has 128 valence electrons. The van der Waals surface area contributed by atoms with Crippen LogP contribution >= 0.6 is 12.4 Å². The van der Waals surface area contributed by atoms with Gasteiger partial charge in [-0.2, -0.15) is 0 Å². The minimum atomic E-state index is -0.586. The number of pyridine rings is 1. The lowest BCUT2D eigenvalue weighted by molar-refractivity contribution is -0.142. The molecule has 1 aliphatic rings. The van der Waals surface area contributed by atoms with Crippen molar-refractivity contribution < 1.29 is 9.59 Å². The summed E-state index contributed by atoms with van der Waals surface area (Å²) in [5.74, 6) is -0.121. The Labute approximate surface area is 142 Å². The molecule has 2 atom stereocenters. The van der Waals surface area contributed by atoms with Crippen LogP contribution in [0, 0.1) is 5.92 Å². The molecule has 7 nitrogen and oxygen atoms in total. The fourth-order valence-corrected chi connectivity index (χ4v) is 2.35. The lowest BCUT2D eigenvalue weighted by Gasteiger charge is -2.31. The minimum absolute atomic E-state index is 0. The summed E-state index contributed by atoms with van der Waals surface area (Å²) >= 11 is 0. The summed E-state index contributed by atoms with van der Waals surface area (Å²) in [5, 5.41) is 5.63. The first-order valence-corrected chi connectivity index (χ1v) is 7.60. The van der Waals surface area contributed by atoms with Crippen LogP contribution in [0.5, 0.6) is 0 Å². The first-order chi connectivity index (χ1) is 10.5. The predicted molar refractivity (Wildman–Crippen MR) is 91.0 cm³/mol. The first kappa shape index (κ1) is 19.2. The van der Waals surface area contributed by atoms with Crippen molar-refractivity contribution in [3.8, 4) is 0 Å². The van der Waals surface area contributed by atoms with Crippen LogP contribution in [0.4, 0.5) is 10.5 Å². The molecular formula is C15H24ClN5O2. The molecule has 1 aromatic heterocycles. The molecule has 0 saturated carbocycles. The maximum atomic E-state index is 12.5. The molecular weight excluding hydrogens is 318 g/mol. The molecule has 1 aromatic rings. The number of anilines is 1. The summed E-state index contributed by atoms with van der Waals surface area (Å²) in [4.78, 5) is 28.8. The largest absolute Gasteiger partial charge is 0.340 e. The van der Waals surface area contributed by atoms with Crippen LogP contribution in [0.25, 0.3) is 0 Å². The third-order valence-electron chi connectivity index (χ3n) is 3.98. The number of halogens is 1. The van der Waals surface area contributed by atoms with E-state index in [1.165, 1.54) is 10.0 Å². The van der Waals surface area contributed by atoms with Crippen LogP contribution in [0.15, 0.2) is 24.5 Å². The molecule has 0 spiro atoms. The second kappa shape index (κ2) is 8.69. The van der Waals surface area contributed by atoms with Crippen LogP contribution in [-0.4, -0.2) is 46.1 Å². The number of aromatic nitrogens is 1. The smallest absolute Gasteiger partial charge is 0.320 e. The zero-order valence-electron chi connectivity index (χ0n) is 13.4. The quantitative estimate of drug-likeness (QED) is 0.874. The maximum Gasteiger partial charge on any atom is 0.340 e. The molecule has 1 saturated heterocycles. The van der Waals surface area contributed by atoms with Gasteiger partial charge in [-0.15, -0.1) is 12.4 Å². The van der Waals surface area contributed by atoms with Gasteiger partial charge >= 0.3 is 6.03 Å². The standard InChI is InChI=1S/C15H23N5O2.ClH/c1-3-11(2)13(16)14(21)19-8-5-9-20(19)15(22)18-12-6-4-7-17-10-12;/h4,6-7,10-11,13H,3,5,8-9,16H2,1-2H3,(H,18,22);1H/t11-,13-;/m0./s1. The van der Waals surface area contributed by atoms with Crippen molar-refractivity contribution in [3.63, 3.8) is 0 Å². The van der Waals surface area contributed by atoms with Crippen LogP contribution in [-0.2, 0) is 4.79 Å². The highest BCUT2D eigenvalue weighted by molar-refractivity contribution is 5.92. The summed E-state index contributed by atoms with van der Waals surface area (Å²) < 4.78 is 0. The third-order valence-corrected chi connectivity index (χ3v) is 3.98. The van der Waals surface area contributed by atoms with Gasteiger partial charge in [0.25, 0.3) is 5.91 Å². The molecule has 3 N–H and O–H groups in total. The lowest BCUT2D eigenvalue weighted by atomic mass is 9.99. The van der Waals surface area contributed by atoms with Crippen molar-refractivity contribution in [2.75, 3.05) is 18.4 Å². The third kappa shape index (κ3) is 4.56. The molecule has 0 bridgehead atoms. The number of nitrogens with two attached hydrogens (primary N) is 1. The molecule has 2 rings (SSSR count). The molecule has 0 aromatic carbocycles. The average molecular weight is 342 g/mol. The maximum absolute atomic E-state index is 12.5. The lowest BCUT2D eigenvalue weighted by Crippen LogP contribution is -2.53. The molecule has 2 heterocycles. The van der Waals surface area contributed by atoms with Gasteiger partial charge in [0.05, 0.1) is 17.9 Å². The summed E-state index contributed by atoms with van der Waals surface area (Å²) in [5.41, 5.74) is 6.60. The van der Waals surface area contributed by atoms with Gasteiger partial charge in [0.1, 0.15) is 0 Å². The number of rotatable bonds is 4. The number of hydrogen-bond acceptors (Lipinski definition) is 4. The van der Waals surface area contributed by atoms with Crippen LogP contribution in [0.1, 0.15) is 26.7 Å². The van der Waals surface area contributed by atoms with E-state index in [0.29, 0.717) is 18.8 Å². The Hall–Kier alpha value is -1.86. The molecule has 1 fully saturated rings. The van der Waals surface area contributed by atoms with Crippen LogP contribution < -0.4 is 11.1 Å². The number of carbonyl (C=O) groups excluding carboxylic acids is 2. The second-order valence-electron chi connectivity index (χ2n) is 5.52. The van der Waals surface area contributed by atoms with Crippen molar-refractivity contribution in [1.29, 1.82) is 0 Å². The SMILES string of the molecule is CC[C@H](C)[C@H](N)C(=O)N1CCCN1C(=O)Nc1cccnc1.Cl. The molecule has 0 unspecified atom stereocenters. The van der Waals surface area contributed by atoms with Gasteiger partial charge in [-0.05, 0) is 24.5 Å². The van der Waals surface area contributed by atoms with Gasteiger partial charge in [-0.1, -0.05) is 20.3 Å². The van der Waals surface area contributed by atoms with E-state index in [1.54, 1.807) is 24.5 Å². The summed E-state index contributed by atoms with van der Waals surface area (Å²) in [6.07, 6.45) is 4.76. The van der Waals surface area contributed by atoms with E-state index in [9.17, 15) is 9.59 Å². The molecule has 23 heavy (non-hydrogen) atoms. The van der Waals surface area contributed by atoms with E-state index in [0.717, 1.165) is 12.8 Å². The summed E-state index contributed by atoms with van der Waals surface area (Å²) in [6.45, 7) is 4.96. The Kier molecular flexibility index (Phi) is 7.25. The highest BCUT2D eigenvalue weighted by Crippen LogP contribution is 2.17. The molecule has 0 aliphatic carbocycles. The Morgan fingerprint density at radius 2 is 2.09 bits per heavy atom. The van der Waals surface area contributed by atoms with Crippen molar-refractivity contribution in [1.82, 2.24) is 15.0 Å². The number of amides is 3. The Bertz CT molecular complexity index is 528. The average Bonchev–Trinajstić information content (AvgIpc) is 3.03. The number of nitrogens with one attached hydrogen (secondary N) is 1. The fourth-order valence-electron chi connectivity index (χ4n) is 2.35. The number of urea groups is 1. The van der Waals surface area contributed by atoms with Gasteiger partial charge in [-0.3, -0.25) is 9.78 Å². The number of hydrazine groups is 1. The van der Waals surface area contributed by atoms with E-state index < -0.39 is 6.04 Å². The van der Waals surface area contributed by atoms with Gasteiger partial charge in [0, 0.05) is 19.3 Å². The van der Waals surface area contributed by atoms with E-state index in [2.05, 4.69) is 10.3 Å². The zero-order chi connectivity index (χ0) is 16.1. The second-order valence-corrected chi connectivity index (χ2v) is 5.52.